The van der Waals surface area contributed by atoms with Gasteiger partial charge >= 0.3 is 0 Å². The zero-order chi connectivity index (χ0) is 14.7. The van der Waals surface area contributed by atoms with Crippen LogP contribution >= 0.6 is 15.9 Å². The van der Waals surface area contributed by atoms with E-state index in [9.17, 15) is 14.4 Å². The molecular formula is C16H11BrFNO. The van der Waals surface area contributed by atoms with Crippen molar-refractivity contribution in [2.45, 2.75) is 12.8 Å². The first kappa shape index (κ1) is 14.4. The highest BCUT2D eigenvalue weighted by atomic mass is 79.9. The van der Waals surface area contributed by atoms with Crippen LogP contribution in [0.2, 0.25) is 0 Å². The van der Waals surface area contributed by atoms with Gasteiger partial charge in [-0.1, -0.05) is 45.8 Å². The maximum absolute atomic E-state index is 13.8. The predicted molar refractivity (Wildman–Crippen MR) is 78.0 cm³/mol. The van der Waals surface area contributed by atoms with E-state index in [1.165, 1.54) is 18.2 Å². The molecule has 1 unspecified atom stereocenters. The maximum atomic E-state index is 13.8. The third-order valence-electron chi connectivity index (χ3n) is 2.99. The molecule has 0 heterocycles. The number of rotatable bonds is 3. The molecule has 0 fully saturated rings. The fourth-order valence-electron chi connectivity index (χ4n) is 1.96. The van der Waals surface area contributed by atoms with Crippen LogP contribution in [0.25, 0.3) is 0 Å². The fraction of sp³-hybridized carbons (Fsp3) is 0.125. The molecule has 4 heteroatoms. The predicted octanol–water partition coefficient (Wildman–Crippen LogP) is 4.39. The minimum absolute atomic E-state index is 0.105. The number of hydrogen-bond acceptors (Lipinski definition) is 2. The minimum Gasteiger partial charge on any atom is -0.292 e. The molecule has 0 amide bonds. The van der Waals surface area contributed by atoms with E-state index in [1.807, 2.05) is 19.1 Å². The van der Waals surface area contributed by atoms with Gasteiger partial charge in [-0.3, -0.25) is 4.79 Å². The van der Waals surface area contributed by atoms with Gasteiger partial charge in [0.1, 0.15) is 11.7 Å². The van der Waals surface area contributed by atoms with E-state index in [2.05, 4.69) is 15.9 Å². The van der Waals surface area contributed by atoms with Crippen LogP contribution in [0.4, 0.5) is 4.39 Å². The number of ketones is 1. The molecule has 0 spiro atoms. The first-order valence-electron chi connectivity index (χ1n) is 5.99. The molecule has 100 valence electrons. The summed E-state index contributed by atoms with van der Waals surface area (Å²) in [4.78, 5) is 12.5. The third kappa shape index (κ3) is 2.78. The van der Waals surface area contributed by atoms with E-state index in [0.717, 1.165) is 5.56 Å². The van der Waals surface area contributed by atoms with Crippen LogP contribution in [0.15, 0.2) is 46.9 Å². The minimum atomic E-state index is -1.14. The summed E-state index contributed by atoms with van der Waals surface area (Å²) in [6.07, 6.45) is 0. The molecule has 0 aromatic heterocycles. The average molecular weight is 332 g/mol. The highest BCUT2D eigenvalue weighted by molar-refractivity contribution is 9.10. The summed E-state index contributed by atoms with van der Waals surface area (Å²) >= 11 is 3.30. The molecule has 20 heavy (non-hydrogen) atoms. The van der Waals surface area contributed by atoms with Crippen LogP contribution in [0.3, 0.4) is 0 Å². The van der Waals surface area contributed by atoms with E-state index in [0.29, 0.717) is 10.0 Å². The van der Waals surface area contributed by atoms with Gasteiger partial charge < -0.3 is 0 Å². The highest BCUT2D eigenvalue weighted by Gasteiger charge is 2.25. The van der Waals surface area contributed by atoms with Crippen molar-refractivity contribution in [2.24, 2.45) is 0 Å². The molecule has 0 N–H and O–H groups in total. The summed E-state index contributed by atoms with van der Waals surface area (Å²) in [6.45, 7) is 1.85. The van der Waals surface area contributed by atoms with Crippen molar-refractivity contribution in [3.8, 4) is 6.07 Å². The lowest BCUT2D eigenvalue weighted by molar-refractivity contribution is 0.0976. The molecule has 0 aliphatic rings. The summed E-state index contributed by atoms with van der Waals surface area (Å²) in [5.41, 5.74) is 1.40. The topological polar surface area (TPSA) is 40.9 Å². The van der Waals surface area contributed by atoms with E-state index >= 15 is 0 Å². The lowest BCUT2D eigenvalue weighted by Gasteiger charge is -2.11. The number of halogens is 2. The van der Waals surface area contributed by atoms with E-state index < -0.39 is 17.5 Å². The van der Waals surface area contributed by atoms with Crippen LogP contribution in [-0.4, -0.2) is 5.78 Å². The molecule has 2 aromatic carbocycles. The van der Waals surface area contributed by atoms with Gasteiger partial charge in [-0.2, -0.15) is 5.26 Å². The Morgan fingerprint density at radius 1 is 1.30 bits per heavy atom. The summed E-state index contributed by atoms with van der Waals surface area (Å²) < 4.78 is 14.4. The summed E-state index contributed by atoms with van der Waals surface area (Å²) in [5.74, 6) is -2.10. The maximum Gasteiger partial charge on any atom is 0.185 e. The van der Waals surface area contributed by atoms with Crippen molar-refractivity contribution in [1.82, 2.24) is 0 Å². The van der Waals surface area contributed by atoms with Crippen LogP contribution in [0.1, 0.15) is 27.4 Å². The van der Waals surface area contributed by atoms with Crippen molar-refractivity contribution in [2.75, 3.05) is 0 Å². The highest BCUT2D eigenvalue weighted by Crippen LogP contribution is 2.27. The van der Waals surface area contributed by atoms with Crippen molar-refractivity contribution in [1.29, 1.82) is 5.26 Å². The van der Waals surface area contributed by atoms with Crippen LogP contribution in [0, 0.1) is 24.1 Å². The Morgan fingerprint density at radius 2 is 2.00 bits per heavy atom. The van der Waals surface area contributed by atoms with Crippen LogP contribution < -0.4 is 0 Å². The van der Waals surface area contributed by atoms with Gasteiger partial charge in [-0.15, -0.1) is 0 Å². The zero-order valence-corrected chi connectivity index (χ0v) is 12.3. The number of nitriles is 1. The van der Waals surface area contributed by atoms with Crippen molar-refractivity contribution in [3.05, 3.63) is 69.4 Å². The van der Waals surface area contributed by atoms with Gasteiger partial charge in [0, 0.05) is 15.6 Å². The van der Waals surface area contributed by atoms with Gasteiger partial charge in [0.05, 0.1) is 6.07 Å². The van der Waals surface area contributed by atoms with Gasteiger partial charge in [0.2, 0.25) is 0 Å². The van der Waals surface area contributed by atoms with Gasteiger partial charge in [-0.05, 0) is 25.1 Å². The molecule has 1 atom stereocenters. The number of nitrogens with zero attached hydrogens (tertiary/aromatic N) is 1. The Hall–Kier alpha value is -1.99. The molecule has 2 aromatic rings. The summed E-state index contributed by atoms with van der Waals surface area (Å²) in [6, 6.07) is 13.0. The molecular weight excluding hydrogens is 321 g/mol. The molecule has 0 bridgehead atoms. The van der Waals surface area contributed by atoms with Gasteiger partial charge in [0.25, 0.3) is 0 Å². The number of aryl methyl sites for hydroxylation is 1. The second-order valence-corrected chi connectivity index (χ2v) is 5.29. The zero-order valence-electron chi connectivity index (χ0n) is 10.7. The number of carbonyl (C=O) groups excluding carboxylic acids is 1. The monoisotopic (exact) mass is 331 g/mol. The molecule has 0 saturated heterocycles. The number of benzene rings is 2. The Bertz CT molecular complexity index is 706. The van der Waals surface area contributed by atoms with Gasteiger partial charge in [0.15, 0.2) is 5.78 Å². The van der Waals surface area contributed by atoms with E-state index in [-0.39, 0.29) is 5.56 Å². The quantitative estimate of drug-likeness (QED) is 0.783. The first-order valence-corrected chi connectivity index (χ1v) is 6.78. The molecule has 0 saturated carbocycles. The average Bonchev–Trinajstić information content (AvgIpc) is 2.44. The van der Waals surface area contributed by atoms with Crippen molar-refractivity contribution < 1.29 is 9.18 Å². The van der Waals surface area contributed by atoms with Crippen molar-refractivity contribution >= 4 is 21.7 Å². The number of hydrogen-bond donors (Lipinski definition) is 0. The van der Waals surface area contributed by atoms with E-state index in [1.54, 1.807) is 18.2 Å². The normalized spacial score (nSPS) is 11.7. The first-order chi connectivity index (χ1) is 9.54. The Labute approximate surface area is 125 Å². The number of carbonyl (C=O) groups is 1. The SMILES string of the molecule is Cc1ccc(Br)c(C(=O)C(C#N)c2ccccc2F)c1. The Kier molecular flexibility index (Phi) is 4.31. The Balaban J connectivity index is 2.48. The van der Waals surface area contributed by atoms with Gasteiger partial charge in [-0.25, -0.2) is 4.39 Å². The molecule has 0 aliphatic carbocycles. The third-order valence-corrected chi connectivity index (χ3v) is 3.69. The Morgan fingerprint density at radius 3 is 2.65 bits per heavy atom. The lowest BCUT2D eigenvalue weighted by atomic mass is 9.91. The van der Waals surface area contributed by atoms with Crippen LogP contribution in [-0.2, 0) is 0 Å². The largest absolute Gasteiger partial charge is 0.292 e. The molecule has 0 aliphatic heterocycles. The fourth-order valence-corrected chi connectivity index (χ4v) is 2.40. The molecule has 2 rings (SSSR count). The molecule has 2 nitrogen and oxygen atoms in total. The number of Topliss-reactive ketones (excluding diaryl/α,β-unsaturated/α-hetero) is 1. The summed E-state index contributed by atoms with van der Waals surface area (Å²) in [5, 5.41) is 9.24. The van der Waals surface area contributed by atoms with Crippen LogP contribution in [0.5, 0.6) is 0 Å². The molecule has 0 radical (unpaired) electrons. The van der Waals surface area contributed by atoms with Crippen molar-refractivity contribution in [3.63, 3.8) is 0 Å². The lowest BCUT2D eigenvalue weighted by Crippen LogP contribution is -2.13. The standard InChI is InChI=1S/C16H11BrFNO/c1-10-6-7-14(17)12(8-10)16(20)13(9-19)11-4-2-3-5-15(11)18/h2-8,13H,1H3. The smallest absolute Gasteiger partial charge is 0.185 e. The summed E-state index contributed by atoms with van der Waals surface area (Å²) in [7, 11) is 0. The second-order valence-electron chi connectivity index (χ2n) is 4.43. The van der Waals surface area contributed by atoms with E-state index in [4.69, 9.17) is 0 Å². The second kappa shape index (κ2) is 5.98.